The minimum Gasteiger partial charge on any atom is -0.379 e. The quantitative estimate of drug-likeness (QED) is 0.880. The molecule has 2 fully saturated rings. The van der Waals surface area contributed by atoms with E-state index in [9.17, 15) is 4.79 Å². The van der Waals surface area contributed by atoms with Crippen LogP contribution in [-0.4, -0.2) is 73.7 Å². The summed E-state index contributed by atoms with van der Waals surface area (Å²) >= 11 is 1.72. The van der Waals surface area contributed by atoms with Crippen LogP contribution in [0.25, 0.3) is 0 Å². The lowest BCUT2D eigenvalue weighted by atomic mass is 9.80. The van der Waals surface area contributed by atoms with Crippen LogP contribution in [0.3, 0.4) is 0 Å². The number of rotatable bonds is 4. The first-order valence-corrected chi connectivity index (χ1v) is 9.18. The van der Waals surface area contributed by atoms with Crippen LogP contribution in [0.4, 0.5) is 0 Å². The number of hydrogen-bond donors (Lipinski definition) is 1. The smallest absolute Gasteiger partial charge is 0.233 e. The maximum atomic E-state index is 11.7. The van der Waals surface area contributed by atoms with Crippen LogP contribution in [0.2, 0.25) is 0 Å². The Balaban J connectivity index is 1.64. The maximum absolute atomic E-state index is 11.7. The zero-order chi connectivity index (χ0) is 16.1. The lowest BCUT2D eigenvalue weighted by molar-refractivity contribution is -0.122. The molecule has 1 aromatic rings. The minimum absolute atomic E-state index is 0.0810. The number of amides is 1. The normalized spacial score (nSPS) is 27.0. The topological polar surface area (TPSA) is 57.7 Å². The van der Waals surface area contributed by atoms with E-state index in [1.165, 1.54) is 17.8 Å². The van der Waals surface area contributed by atoms with Crippen molar-refractivity contribution in [3.8, 4) is 0 Å². The van der Waals surface area contributed by atoms with E-state index >= 15 is 0 Å². The third-order valence-corrected chi connectivity index (χ3v) is 5.51. The molecule has 2 aliphatic rings. The number of nitrogens with one attached hydrogen (secondary N) is 1. The number of ether oxygens (including phenoxy) is 1. The maximum Gasteiger partial charge on any atom is 0.233 e. The number of aromatic nitrogens is 1. The Labute approximate surface area is 141 Å². The molecule has 0 bridgehead atoms. The highest BCUT2D eigenvalue weighted by molar-refractivity contribution is 7.09. The van der Waals surface area contributed by atoms with Crippen LogP contribution in [0, 0.1) is 5.41 Å². The molecule has 2 saturated heterocycles. The summed E-state index contributed by atoms with van der Waals surface area (Å²) in [5, 5.41) is 5.94. The third kappa shape index (κ3) is 4.50. The van der Waals surface area contributed by atoms with Crippen LogP contribution < -0.4 is 5.32 Å². The first-order valence-electron chi connectivity index (χ1n) is 8.31. The lowest BCUT2D eigenvalue weighted by Crippen LogP contribution is -2.51. The zero-order valence-electron chi connectivity index (χ0n) is 13.8. The van der Waals surface area contributed by atoms with Gasteiger partial charge in [0.2, 0.25) is 5.91 Å². The molecule has 7 heteroatoms. The Morgan fingerprint density at radius 1 is 1.43 bits per heavy atom. The van der Waals surface area contributed by atoms with Crippen molar-refractivity contribution in [3.63, 3.8) is 0 Å². The highest BCUT2D eigenvalue weighted by Crippen LogP contribution is 2.33. The third-order valence-electron chi connectivity index (χ3n) is 4.75. The number of thiazole rings is 1. The predicted molar refractivity (Wildman–Crippen MR) is 90.4 cm³/mol. The van der Waals surface area contributed by atoms with E-state index in [1.807, 2.05) is 11.6 Å². The van der Waals surface area contributed by atoms with Crippen molar-refractivity contribution in [1.29, 1.82) is 0 Å². The largest absolute Gasteiger partial charge is 0.379 e. The number of piperidine rings is 1. The standard InChI is InChI=1S/C16H26N4O2S/c1-17-14(21)9-20-6-7-22-13-16(12-20)3-2-5-19(11-16)10-15-18-4-8-23-15/h4,8H,2-3,5-7,9-13H2,1H3,(H,17,21)/t16-/m1/s1. The van der Waals surface area contributed by atoms with Crippen LogP contribution in [-0.2, 0) is 16.1 Å². The zero-order valence-corrected chi connectivity index (χ0v) is 14.6. The van der Waals surface area contributed by atoms with Gasteiger partial charge in [-0.3, -0.25) is 14.6 Å². The molecule has 1 amide bonds. The fourth-order valence-electron chi connectivity index (χ4n) is 3.71. The second-order valence-electron chi connectivity index (χ2n) is 6.68. The molecule has 0 unspecified atom stereocenters. The van der Waals surface area contributed by atoms with E-state index in [4.69, 9.17) is 4.74 Å². The highest BCUT2D eigenvalue weighted by atomic mass is 32.1. The van der Waals surface area contributed by atoms with Crippen molar-refractivity contribution < 1.29 is 9.53 Å². The van der Waals surface area contributed by atoms with Crippen molar-refractivity contribution >= 4 is 17.2 Å². The van der Waals surface area contributed by atoms with Gasteiger partial charge in [-0.15, -0.1) is 11.3 Å². The predicted octanol–water partition coefficient (Wildman–Crippen LogP) is 0.804. The molecule has 128 valence electrons. The molecule has 6 nitrogen and oxygen atoms in total. The summed E-state index contributed by atoms with van der Waals surface area (Å²) in [5.74, 6) is 0.0810. The van der Waals surface area contributed by atoms with E-state index in [1.54, 1.807) is 18.4 Å². The average Bonchev–Trinajstić information content (AvgIpc) is 2.97. The van der Waals surface area contributed by atoms with Crippen molar-refractivity contribution in [1.82, 2.24) is 20.1 Å². The molecule has 1 atom stereocenters. The Hall–Kier alpha value is -1.02. The Morgan fingerprint density at radius 3 is 3.09 bits per heavy atom. The SMILES string of the molecule is CNC(=O)CN1CCOC[C@@]2(CCCN(Cc3nccs3)C2)C1. The lowest BCUT2D eigenvalue weighted by Gasteiger charge is -2.43. The summed E-state index contributed by atoms with van der Waals surface area (Å²) in [4.78, 5) is 20.9. The summed E-state index contributed by atoms with van der Waals surface area (Å²) < 4.78 is 5.90. The van der Waals surface area contributed by atoms with Crippen molar-refractivity contribution in [2.24, 2.45) is 5.41 Å². The fourth-order valence-corrected chi connectivity index (χ4v) is 4.37. The number of nitrogens with zero attached hydrogens (tertiary/aromatic N) is 3. The summed E-state index contributed by atoms with van der Waals surface area (Å²) in [7, 11) is 1.70. The van der Waals surface area contributed by atoms with Gasteiger partial charge in [-0.25, -0.2) is 4.98 Å². The molecule has 0 radical (unpaired) electrons. The van der Waals surface area contributed by atoms with Gasteiger partial charge >= 0.3 is 0 Å². The first-order chi connectivity index (χ1) is 11.2. The minimum atomic E-state index is 0.0810. The Kier molecular flexibility index (Phi) is 5.63. The van der Waals surface area contributed by atoms with E-state index in [2.05, 4.69) is 20.1 Å². The molecule has 23 heavy (non-hydrogen) atoms. The number of carbonyl (C=O) groups excluding carboxylic acids is 1. The van der Waals surface area contributed by atoms with Gasteiger partial charge in [-0.05, 0) is 19.4 Å². The Bertz CT molecular complexity index is 510. The number of likely N-dealkylation sites (tertiary alicyclic amines) is 1. The molecule has 0 aromatic carbocycles. The molecular formula is C16H26N4O2S. The van der Waals surface area contributed by atoms with Crippen molar-refractivity contribution in [3.05, 3.63) is 16.6 Å². The van der Waals surface area contributed by atoms with Crippen LogP contribution in [0.5, 0.6) is 0 Å². The molecule has 0 saturated carbocycles. The number of carbonyl (C=O) groups is 1. The van der Waals surface area contributed by atoms with E-state index in [0.29, 0.717) is 13.2 Å². The van der Waals surface area contributed by atoms with Crippen LogP contribution in [0.1, 0.15) is 17.8 Å². The number of likely N-dealkylation sites (N-methyl/N-ethyl adjacent to an activating group) is 1. The molecule has 0 aliphatic carbocycles. The summed E-state index contributed by atoms with van der Waals surface area (Å²) in [6.45, 7) is 6.82. The molecule has 2 aliphatic heterocycles. The highest BCUT2D eigenvalue weighted by Gasteiger charge is 2.39. The van der Waals surface area contributed by atoms with Gasteiger partial charge < -0.3 is 10.1 Å². The van der Waals surface area contributed by atoms with Gasteiger partial charge in [0.1, 0.15) is 5.01 Å². The van der Waals surface area contributed by atoms with Crippen LogP contribution in [0.15, 0.2) is 11.6 Å². The summed E-state index contributed by atoms with van der Waals surface area (Å²) in [6, 6.07) is 0. The molecular weight excluding hydrogens is 312 g/mol. The van der Waals surface area contributed by atoms with Gasteiger partial charge in [0.05, 0.1) is 26.3 Å². The van der Waals surface area contributed by atoms with Gasteiger partial charge in [-0.1, -0.05) is 0 Å². The second kappa shape index (κ2) is 7.70. The summed E-state index contributed by atoms with van der Waals surface area (Å²) in [5.41, 5.74) is 0.139. The van der Waals surface area contributed by atoms with Gasteiger partial charge in [0, 0.05) is 43.7 Å². The second-order valence-corrected chi connectivity index (χ2v) is 7.66. The molecule has 1 aromatic heterocycles. The monoisotopic (exact) mass is 338 g/mol. The molecule has 1 spiro atoms. The van der Waals surface area contributed by atoms with E-state index in [0.717, 1.165) is 39.3 Å². The Morgan fingerprint density at radius 2 is 2.30 bits per heavy atom. The molecule has 3 rings (SSSR count). The number of hydrogen-bond acceptors (Lipinski definition) is 6. The average molecular weight is 338 g/mol. The van der Waals surface area contributed by atoms with Gasteiger partial charge in [0.15, 0.2) is 0 Å². The molecule has 1 N–H and O–H groups in total. The van der Waals surface area contributed by atoms with Crippen molar-refractivity contribution in [2.75, 3.05) is 53.0 Å². The van der Waals surface area contributed by atoms with E-state index < -0.39 is 0 Å². The molecule has 3 heterocycles. The summed E-state index contributed by atoms with van der Waals surface area (Å²) in [6.07, 6.45) is 4.23. The van der Waals surface area contributed by atoms with Gasteiger partial charge in [0.25, 0.3) is 0 Å². The fraction of sp³-hybridized carbons (Fsp3) is 0.750. The first kappa shape index (κ1) is 16.8. The van der Waals surface area contributed by atoms with E-state index in [-0.39, 0.29) is 11.3 Å². The van der Waals surface area contributed by atoms with Crippen molar-refractivity contribution in [2.45, 2.75) is 19.4 Å². The van der Waals surface area contributed by atoms with Crippen LogP contribution >= 0.6 is 11.3 Å². The van der Waals surface area contributed by atoms with Gasteiger partial charge in [-0.2, -0.15) is 0 Å².